The van der Waals surface area contributed by atoms with Crippen LogP contribution in [0, 0.1) is 17.7 Å². The molecular formula is C14H13FN4OS. The molecule has 2 aromatic rings. The highest BCUT2D eigenvalue weighted by atomic mass is 32.1. The van der Waals surface area contributed by atoms with Gasteiger partial charge in [-0.1, -0.05) is 23.3 Å². The van der Waals surface area contributed by atoms with Crippen molar-refractivity contribution in [2.45, 2.75) is 13.3 Å². The molecule has 0 aliphatic heterocycles. The lowest BCUT2D eigenvalue weighted by Crippen LogP contribution is -2.12. The van der Waals surface area contributed by atoms with Crippen molar-refractivity contribution in [2.75, 3.05) is 11.9 Å². The second-order valence-corrected chi connectivity index (χ2v) is 4.81. The Hall–Kier alpha value is -2.30. The van der Waals surface area contributed by atoms with Crippen LogP contribution in [-0.4, -0.2) is 22.0 Å². The molecule has 21 heavy (non-hydrogen) atoms. The van der Waals surface area contributed by atoms with Crippen molar-refractivity contribution in [1.29, 1.82) is 0 Å². The van der Waals surface area contributed by atoms with Gasteiger partial charge in [-0.05, 0) is 36.2 Å². The number of hydrogen-bond acceptors (Lipinski definition) is 5. The van der Waals surface area contributed by atoms with E-state index in [1.807, 2.05) is 6.92 Å². The standard InChI is InChI=1S/C14H13FN4OS/c1-2-12-13(21-19-18-12)14(20)17-10-6-5-9(4-3-7-16)11(15)8-10/h5-6,8H,2,7,16H2,1H3,(H,17,20). The van der Waals surface area contributed by atoms with Crippen LogP contribution in [-0.2, 0) is 6.42 Å². The number of amides is 1. The van der Waals surface area contributed by atoms with E-state index in [0.717, 1.165) is 11.5 Å². The van der Waals surface area contributed by atoms with Crippen LogP contribution in [0.2, 0.25) is 0 Å². The van der Waals surface area contributed by atoms with E-state index >= 15 is 0 Å². The van der Waals surface area contributed by atoms with Crippen molar-refractivity contribution >= 4 is 23.1 Å². The van der Waals surface area contributed by atoms with Crippen LogP contribution >= 0.6 is 11.5 Å². The maximum Gasteiger partial charge on any atom is 0.269 e. The highest BCUT2D eigenvalue weighted by molar-refractivity contribution is 7.08. The maximum absolute atomic E-state index is 13.8. The Labute approximate surface area is 125 Å². The molecule has 1 aromatic carbocycles. The summed E-state index contributed by atoms with van der Waals surface area (Å²) in [6, 6.07) is 4.30. The highest BCUT2D eigenvalue weighted by Crippen LogP contribution is 2.17. The minimum atomic E-state index is -0.508. The van der Waals surface area contributed by atoms with Crippen molar-refractivity contribution in [2.24, 2.45) is 5.73 Å². The number of carbonyl (C=O) groups is 1. The maximum atomic E-state index is 13.8. The Morgan fingerprint density at radius 3 is 3.00 bits per heavy atom. The van der Waals surface area contributed by atoms with E-state index in [4.69, 9.17) is 5.73 Å². The zero-order chi connectivity index (χ0) is 15.2. The quantitative estimate of drug-likeness (QED) is 0.847. The average molecular weight is 304 g/mol. The largest absolute Gasteiger partial charge is 0.321 e. The number of nitrogens with two attached hydrogens (primary N) is 1. The Bertz CT molecular complexity index is 717. The molecule has 1 amide bonds. The van der Waals surface area contributed by atoms with E-state index < -0.39 is 5.82 Å². The number of hydrogen-bond donors (Lipinski definition) is 2. The van der Waals surface area contributed by atoms with Crippen LogP contribution in [0.25, 0.3) is 0 Å². The number of nitrogens with one attached hydrogen (secondary N) is 1. The fourth-order valence-corrected chi connectivity index (χ4v) is 2.29. The molecular weight excluding hydrogens is 291 g/mol. The predicted molar refractivity (Wildman–Crippen MR) is 79.6 cm³/mol. The Balaban J connectivity index is 2.17. The fourth-order valence-electron chi connectivity index (χ4n) is 1.64. The monoisotopic (exact) mass is 304 g/mol. The number of benzene rings is 1. The Morgan fingerprint density at radius 2 is 2.33 bits per heavy atom. The van der Waals surface area contributed by atoms with E-state index in [0.29, 0.717) is 22.7 Å². The number of aromatic nitrogens is 2. The van der Waals surface area contributed by atoms with Gasteiger partial charge in [0.25, 0.3) is 5.91 Å². The molecule has 7 heteroatoms. The van der Waals surface area contributed by atoms with Crippen LogP contribution < -0.4 is 11.1 Å². The summed E-state index contributed by atoms with van der Waals surface area (Å²) < 4.78 is 17.5. The molecule has 1 heterocycles. The van der Waals surface area contributed by atoms with Crippen molar-refractivity contribution < 1.29 is 9.18 Å². The zero-order valence-electron chi connectivity index (χ0n) is 11.3. The lowest BCUT2D eigenvalue weighted by molar-refractivity contribution is 0.102. The molecule has 0 radical (unpaired) electrons. The zero-order valence-corrected chi connectivity index (χ0v) is 12.1. The molecule has 108 valence electrons. The summed E-state index contributed by atoms with van der Waals surface area (Å²) in [5.74, 6) is 4.34. The fraction of sp³-hybridized carbons (Fsp3) is 0.214. The lowest BCUT2D eigenvalue weighted by atomic mass is 10.2. The van der Waals surface area contributed by atoms with Crippen LogP contribution in [0.15, 0.2) is 18.2 Å². The van der Waals surface area contributed by atoms with E-state index in [2.05, 4.69) is 26.7 Å². The molecule has 0 saturated carbocycles. The number of carbonyl (C=O) groups excluding carboxylic acids is 1. The second kappa shape index (κ2) is 6.92. The third-order valence-corrected chi connectivity index (χ3v) is 3.42. The molecule has 0 saturated heterocycles. The molecule has 0 atom stereocenters. The average Bonchev–Trinajstić information content (AvgIpc) is 2.95. The SMILES string of the molecule is CCc1nnsc1C(=O)Nc1ccc(C#CCN)c(F)c1. The van der Waals surface area contributed by atoms with E-state index in [1.165, 1.54) is 12.1 Å². The summed E-state index contributed by atoms with van der Waals surface area (Å²) >= 11 is 1.02. The van der Waals surface area contributed by atoms with Gasteiger partial charge in [0.2, 0.25) is 0 Å². The van der Waals surface area contributed by atoms with Crippen molar-refractivity contribution in [1.82, 2.24) is 9.59 Å². The molecule has 5 nitrogen and oxygen atoms in total. The summed E-state index contributed by atoms with van der Waals surface area (Å²) in [5.41, 5.74) is 6.46. The van der Waals surface area contributed by atoms with Gasteiger partial charge < -0.3 is 11.1 Å². The van der Waals surface area contributed by atoms with E-state index in [9.17, 15) is 9.18 Å². The Kier molecular flexibility index (Phi) is 4.98. The first-order chi connectivity index (χ1) is 10.2. The topological polar surface area (TPSA) is 80.9 Å². The first-order valence-corrected chi connectivity index (χ1v) is 7.04. The molecule has 0 fully saturated rings. The van der Waals surface area contributed by atoms with Gasteiger partial charge in [0, 0.05) is 5.69 Å². The number of rotatable bonds is 3. The summed E-state index contributed by atoms with van der Waals surface area (Å²) in [6.45, 7) is 2.05. The van der Waals surface area contributed by atoms with Gasteiger partial charge in [-0.2, -0.15) is 0 Å². The third-order valence-electron chi connectivity index (χ3n) is 2.65. The molecule has 2 rings (SSSR count). The van der Waals surface area contributed by atoms with Gasteiger partial charge in [0.15, 0.2) is 0 Å². The minimum Gasteiger partial charge on any atom is -0.321 e. The summed E-state index contributed by atoms with van der Waals surface area (Å²) in [4.78, 5) is 12.5. The smallest absolute Gasteiger partial charge is 0.269 e. The minimum absolute atomic E-state index is 0.163. The van der Waals surface area contributed by atoms with Crippen LogP contribution in [0.4, 0.5) is 10.1 Å². The molecule has 3 N–H and O–H groups in total. The van der Waals surface area contributed by atoms with E-state index in [-0.39, 0.29) is 18.0 Å². The van der Waals surface area contributed by atoms with E-state index in [1.54, 1.807) is 6.07 Å². The third kappa shape index (κ3) is 3.62. The van der Waals surface area contributed by atoms with Crippen molar-refractivity contribution in [3.05, 3.63) is 40.2 Å². The summed E-state index contributed by atoms with van der Waals surface area (Å²) in [7, 11) is 0. The number of anilines is 1. The van der Waals surface area contributed by atoms with Gasteiger partial charge in [-0.15, -0.1) is 5.10 Å². The summed E-state index contributed by atoms with van der Waals surface area (Å²) in [5, 5.41) is 6.49. The van der Waals surface area contributed by atoms with Gasteiger partial charge in [-0.25, -0.2) is 4.39 Å². The molecule has 1 aromatic heterocycles. The van der Waals surface area contributed by atoms with Crippen LogP contribution in [0.5, 0.6) is 0 Å². The lowest BCUT2D eigenvalue weighted by Gasteiger charge is -2.05. The Morgan fingerprint density at radius 1 is 1.52 bits per heavy atom. The number of nitrogens with zero attached hydrogens (tertiary/aromatic N) is 2. The first kappa shape index (κ1) is 15.1. The molecule has 0 aliphatic rings. The second-order valence-electron chi connectivity index (χ2n) is 4.06. The molecule has 0 spiro atoms. The predicted octanol–water partition coefficient (Wildman–Crippen LogP) is 1.80. The number of aryl methyl sites for hydroxylation is 1. The van der Waals surface area contributed by atoms with Crippen molar-refractivity contribution in [3.63, 3.8) is 0 Å². The highest BCUT2D eigenvalue weighted by Gasteiger charge is 2.15. The molecule has 0 bridgehead atoms. The number of halogens is 1. The normalized spacial score (nSPS) is 9.86. The van der Waals surface area contributed by atoms with Crippen molar-refractivity contribution in [3.8, 4) is 11.8 Å². The van der Waals surface area contributed by atoms with Gasteiger partial charge in [0.05, 0.1) is 17.8 Å². The first-order valence-electron chi connectivity index (χ1n) is 6.26. The summed E-state index contributed by atoms with van der Waals surface area (Å²) in [6.07, 6.45) is 0.612. The van der Waals surface area contributed by atoms with Gasteiger partial charge in [0.1, 0.15) is 10.7 Å². The van der Waals surface area contributed by atoms with Gasteiger partial charge in [-0.3, -0.25) is 4.79 Å². The van der Waals surface area contributed by atoms with Crippen LogP contribution in [0.3, 0.4) is 0 Å². The van der Waals surface area contributed by atoms with Crippen LogP contribution in [0.1, 0.15) is 27.9 Å². The molecule has 0 unspecified atom stereocenters. The molecule has 0 aliphatic carbocycles. The van der Waals surface area contributed by atoms with Gasteiger partial charge >= 0.3 is 0 Å².